The molecule has 0 aromatic heterocycles. The Morgan fingerprint density at radius 1 is 1.05 bits per heavy atom. The lowest BCUT2D eigenvalue weighted by molar-refractivity contribution is 0.434. The fourth-order valence-corrected chi connectivity index (χ4v) is 5.95. The standard InChI is InChI=1S/C17H19NO2S2/c1-13-6-8-15(9-7-13)17-18(10-11-21-17)22(19,20)16-5-3-4-14(2)12-16/h3-9,12,17H,10-11H2,1-2H3. The molecule has 0 spiro atoms. The van der Waals surface area contributed by atoms with Crippen LogP contribution in [0.4, 0.5) is 0 Å². The van der Waals surface area contributed by atoms with E-state index in [0.717, 1.165) is 16.9 Å². The molecule has 1 saturated heterocycles. The van der Waals surface area contributed by atoms with Crippen molar-refractivity contribution in [1.29, 1.82) is 0 Å². The van der Waals surface area contributed by atoms with Gasteiger partial charge in [-0.3, -0.25) is 0 Å². The van der Waals surface area contributed by atoms with E-state index in [-0.39, 0.29) is 5.37 Å². The van der Waals surface area contributed by atoms with Gasteiger partial charge in [0.1, 0.15) is 0 Å². The Hall–Kier alpha value is -1.30. The van der Waals surface area contributed by atoms with Gasteiger partial charge in [-0.25, -0.2) is 8.42 Å². The Kier molecular flexibility index (Phi) is 4.30. The maximum atomic E-state index is 12.9. The smallest absolute Gasteiger partial charge is 0.207 e. The van der Waals surface area contributed by atoms with Crippen LogP contribution in [0, 0.1) is 13.8 Å². The average Bonchev–Trinajstić information content (AvgIpc) is 2.98. The number of thioether (sulfide) groups is 1. The molecule has 1 unspecified atom stereocenters. The first-order chi connectivity index (χ1) is 10.5. The number of sulfonamides is 1. The minimum Gasteiger partial charge on any atom is -0.207 e. The van der Waals surface area contributed by atoms with Crippen LogP contribution in [0.5, 0.6) is 0 Å². The van der Waals surface area contributed by atoms with Crippen LogP contribution in [0.2, 0.25) is 0 Å². The minimum absolute atomic E-state index is 0.133. The van der Waals surface area contributed by atoms with Crippen LogP contribution in [-0.4, -0.2) is 25.0 Å². The zero-order valence-corrected chi connectivity index (χ0v) is 14.3. The molecule has 1 fully saturated rings. The monoisotopic (exact) mass is 333 g/mol. The molecule has 1 aliphatic rings. The van der Waals surface area contributed by atoms with Crippen molar-refractivity contribution in [2.75, 3.05) is 12.3 Å². The first kappa shape index (κ1) is 15.6. The second-order valence-corrected chi connectivity index (χ2v) is 8.64. The first-order valence-corrected chi connectivity index (χ1v) is 9.74. The quantitative estimate of drug-likeness (QED) is 0.859. The summed E-state index contributed by atoms with van der Waals surface area (Å²) in [4.78, 5) is 0.382. The van der Waals surface area contributed by atoms with E-state index in [2.05, 4.69) is 0 Å². The van der Waals surface area contributed by atoms with Crippen molar-refractivity contribution in [1.82, 2.24) is 4.31 Å². The molecule has 2 aromatic rings. The van der Waals surface area contributed by atoms with Gasteiger partial charge in [-0.15, -0.1) is 11.8 Å². The van der Waals surface area contributed by atoms with Crippen molar-refractivity contribution in [3.05, 3.63) is 65.2 Å². The van der Waals surface area contributed by atoms with Crippen molar-refractivity contribution in [3.8, 4) is 0 Å². The zero-order chi connectivity index (χ0) is 15.7. The van der Waals surface area contributed by atoms with Crippen LogP contribution < -0.4 is 0 Å². The van der Waals surface area contributed by atoms with Crippen LogP contribution in [0.25, 0.3) is 0 Å². The molecule has 1 heterocycles. The van der Waals surface area contributed by atoms with Crippen molar-refractivity contribution in [2.45, 2.75) is 24.1 Å². The van der Waals surface area contributed by atoms with Crippen LogP contribution in [0.1, 0.15) is 22.1 Å². The summed E-state index contributed by atoms with van der Waals surface area (Å²) in [6.07, 6.45) is 0. The number of benzene rings is 2. The van der Waals surface area contributed by atoms with E-state index in [4.69, 9.17) is 0 Å². The van der Waals surface area contributed by atoms with Crippen LogP contribution in [0.15, 0.2) is 53.4 Å². The largest absolute Gasteiger partial charge is 0.244 e. The normalized spacial score (nSPS) is 19.5. The van der Waals surface area contributed by atoms with E-state index < -0.39 is 10.0 Å². The fraction of sp³-hybridized carbons (Fsp3) is 0.294. The highest BCUT2D eigenvalue weighted by molar-refractivity contribution is 8.01. The molecule has 3 nitrogen and oxygen atoms in total. The fourth-order valence-electron chi connectivity index (χ4n) is 2.61. The Morgan fingerprint density at radius 2 is 1.77 bits per heavy atom. The summed E-state index contributed by atoms with van der Waals surface area (Å²) in [6, 6.07) is 15.2. The third kappa shape index (κ3) is 2.93. The molecule has 0 saturated carbocycles. The van der Waals surface area contributed by atoms with Crippen LogP contribution in [0.3, 0.4) is 0 Å². The molecule has 0 aliphatic carbocycles. The molecule has 0 bridgehead atoms. The molecular formula is C17H19NO2S2. The highest BCUT2D eigenvalue weighted by atomic mass is 32.2. The minimum atomic E-state index is -3.46. The summed E-state index contributed by atoms with van der Waals surface area (Å²) in [5, 5.41) is -0.133. The van der Waals surface area contributed by atoms with E-state index in [1.807, 2.05) is 44.2 Å². The van der Waals surface area contributed by atoms with Crippen LogP contribution in [-0.2, 0) is 10.0 Å². The van der Waals surface area contributed by atoms with Gasteiger partial charge in [-0.2, -0.15) is 4.31 Å². The number of hydrogen-bond acceptors (Lipinski definition) is 3. The third-order valence-corrected chi connectivity index (χ3v) is 7.06. The van der Waals surface area contributed by atoms with Crippen molar-refractivity contribution in [2.24, 2.45) is 0 Å². The summed E-state index contributed by atoms with van der Waals surface area (Å²) in [7, 11) is -3.46. The van der Waals surface area contributed by atoms with Crippen molar-refractivity contribution in [3.63, 3.8) is 0 Å². The number of nitrogens with zero attached hydrogens (tertiary/aromatic N) is 1. The Morgan fingerprint density at radius 3 is 2.45 bits per heavy atom. The second-order valence-electron chi connectivity index (χ2n) is 5.57. The van der Waals surface area contributed by atoms with Gasteiger partial charge in [-0.05, 0) is 37.1 Å². The zero-order valence-electron chi connectivity index (χ0n) is 12.7. The molecule has 22 heavy (non-hydrogen) atoms. The van der Waals surface area contributed by atoms with Gasteiger partial charge in [-0.1, -0.05) is 42.0 Å². The third-order valence-electron chi connectivity index (χ3n) is 3.81. The Bertz CT molecular complexity index is 770. The average molecular weight is 333 g/mol. The lowest BCUT2D eigenvalue weighted by Gasteiger charge is -2.23. The molecule has 0 N–H and O–H groups in total. The molecule has 5 heteroatoms. The molecule has 1 atom stereocenters. The highest BCUT2D eigenvalue weighted by Crippen LogP contribution is 2.41. The van der Waals surface area contributed by atoms with Gasteiger partial charge < -0.3 is 0 Å². The number of aryl methyl sites for hydroxylation is 2. The van der Waals surface area contributed by atoms with E-state index >= 15 is 0 Å². The molecule has 116 valence electrons. The maximum Gasteiger partial charge on any atom is 0.244 e. The van der Waals surface area contributed by atoms with Gasteiger partial charge in [0.05, 0.1) is 10.3 Å². The number of hydrogen-bond donors (Lipinski definition) is 0. The van der Waals surface area contributed by atoms with Crippen molar-refractivity contribution < 1.29 is 8.42 Å². The molecule has 2 aromatic carbocycles. The predicted octanol–water partition coefficient (Wildman–Crippen LogP) is 3.74. The van der Waals surface area contributed by atoms with Gasteiger partial charge in [0, 0.05) is 12.3 Å². The topological polar surface area (TPSA) is 37.4 Å². The van der Waals surface area contributed by atoms with Gasteiger partial charge in [0.2, 0.25) is 10.0 Å². The first-order valence-electron chi connectivity index (χ1n) is 7.25. The van der Waals surface area contributed by atoms with E-state index in [0.29, 0.717) is 11.4 Å². The summed E-state index contributed by atoms with van der Waals surface area (Å²) in [6.45, 7) is 4.50. The summed E-state index contributed by atoms with van der Waals surface area (Å²) < 4.78 is 27.5. The van der Waals surface area contributed by atoms with Gasteiger partial charge in [0.25, 0.3) is 0 Å². The van der Waals surface area contributed by atoms with E-state index in [9.17, 15) is 8.42 Å². The molecule has 0 amide bonds. The van der Waals surface area contributed by atoms with Gasteiger partial charge in [0.15, 0.2) is 0 Å². The Labute approximate surface area is 136 Å². The number of rotatable bonds is 3. The molecule has 0 radical (unpaired) electrons. The SMILES string of the molecule is Cc1ccc(C2SCCN2S(=O)(=O)c2cccc(C)c2)cc1. The van der Waals surface area contributed by atoms with E-state index in [1.54, 1.807) is 34.3 Å². The lowest BCUT2D eigenvalue weighted by atomic mass is 10.1. The summed E-state index contributed by atoms with van der Waals surface area (Å²) >= 11 is 1.68. The Balaban J connectivity index is 1.97. The van der Waals surface area contributed by atoms with E-state index in [1.165, 1.54) is 5.56 Å². The summed E-state index contributed by atoms with van der Waals surface area (Å²) in [5.74, 6) is 0.823. The molecular weight excluding hydrogens is 314 g/mol. The predicted molar refractivity (Wildman–Crippen MR) is 91.4 cm³/mol. The highest BCUT2D eigenvalue weighted by Gasteiger charge is 2.36. The van der Waals surface area contributed by atoms with Gasteiger partial charge >= 0.3 is 0 Å². The van der Waals surface area contributed by atoms with Crippen LogP contribution >= 0.6 is 11.8 Å². The maximum absolute atomic E-state index is 12.9. The molecule has 1 aliphatic heterocycles. The lowest BCUT2D eigenvalue weighted by Crippen LogP contribution is -2.30. The van der Waals surface area contributed by atoms with Crippen molar-refractivity contribution >= 4 is 21.8 Å². The second kappa shape index (κ2) is 6.07. The molecule has 3 rings (SSSR count). The summed E-state index contributed by atoms with van der Waals surface area (Å²) in [5.41, 5.74) is 3.18.